The fourth-order valence-corrected chi connectivity index (χ4v) is 3.17. The van der Waals surface area contributed by atoms with Crippen LogP contribution >= 0.6 is 11.8 Å². The van der Waals surface area contributed by atoms with Crippen molar-refractivity contribution in [2.75, 3.05) is 23.0 Å². The van der Waals surface area contributed by atoms with Gasteiger partial charge in [0.2, 0.25) is 17.0 Å². The molecule has 138 valence electrons. The molecule has 0 bridgehead atoms. The Morgan fingerprint density at radius 3 is 2.67 bits per heavy atom. The summed E-state index contributed by atoms with van der Waals surface area (Å²) < 4.78 is 1.53. The second-order valence-electron chi connectivity index (χ2n) is 5.68. The lowest BCUT2D eigenvalue weighted by molar-refractivity contribution is -0.116. The molecule has 1 aromatic heterocycles. The van der Waals surface area contributed by atoms with Crippen LogP contribution in [0.25, 0.3) is 5.69 Å². The number of rotatable bonds is 6. The van der Waals surface area contributed by atoms with Crippen LogP contribution in [0.1, 0.15) is 6.92 Å². The lowest BCUT2D eigenvalue weighted by atomic mass is 10.3. The van der Waals surface area contributed by atoms with Crippen molar-refractivity contribution in [1.29, 1.82) is 0 Å². The number of benzene rings is 2. The van der Waals surface area contributed by atoms with Crippen LogP contribution in [-0.2, 0) is 9.59 Å². The molecular weight excluding hydrogens is 364 g/mol. The third-order valence-electron chi connectivity index (χ3n) is 3.69. The molecule has 0 unspecified atom stereocenters. The number of carbonyl (C=O) groups is 2. The minimum atomic E-state index is -0.159. The van der Waals surface area contributed by atoms with Gasteiger partial charge in [-0.05, 0) is 40.8 Å². The van der Waals surface area contributed by atoms with Gasteiger partial charge in [-0.1, -0.05) is 36.0 Å². The molecule has 2 amide bonds. The van der Waals surface area contributed by atoms with Crippen LogP contribution in [0.4, 0.5) is 11.4 Å². The Kier molecular flexibility index (Phi) is 5.82. The first kappa shape index (κ1) is 18.6. The minimum Gasteiger partial charge on any atom is -0.326 e. The van der Waals surface area contributed by atoms with Crippen molar-refractivity contribution in [3.63, 3.8) is 0 Å². The summed E-state index contributed by atoms with van der Waals surface area (Å²) in [6, 6.07) is 16.6. The van der Waals surface area contributed by atoms with E-state index < -0.39 is 0 Å². The van der Waals surface area contributed by atoms with Gasteiger partial charge in [0.25, 0.3) is 0 Å². The molecule has 0 atom stereocenters. The largest absolute Gasteiger partial charge is 0.326 e. The number of aromatic nitrogens is 4. The first-order valence-corrected chi connectivity index (χ1v) is 9.14. The Morgan fingerprint density at radius 1 is 1.15 bits per heavy atom. The van der Waals surface area contributed by atoms with E-state index >= 15 is 0 Å². The first-order valence-electron chi connectivity index (χ1n) is 8.15. The number of amides is 2. The molecule has 8 nitrogen and oxygen atoms in total. The van der Waals surface area contributed by atoms with Crippen molar-refractivity contribution < 1.29 is 9.59 Å². The number of carbonyl (C=O) groups excluding carboxylic acids is 2. The van der Waals surface area contributed by atoms with Gasteiger partial charge >= 0.3 is 0 Å². The van der Waals surface area contributed by atoms with Crippen molar-refractivity contribution >= 4 is 35.0 Å². The topological polar surface area (TPSA) is 93.0 Å². The number of hydrogen-bond donors (Lipinski definition) is 1. The fourth-order valence-electron chi connectivity index (χ4n) is 2.37. The smallest absolute Gasteiger partial charge is 0.237 e. The van der Waals surface area contributed by atoms with Gasteiger partial charge in [0.05, 0.1) is 11.4 Å². The van der Waals surface area contributed by atoms with Crippen molar-refractivity contribution in [3.05, 3.63) is 54.6 Å². The maximum absolute atomic E-state index is 12.4. The standard InChI is InChI=1S/C18H18N6O2S/c1-13(25)19-14-7-6-10-16(11-14)24-18(20-21-22-24)27-12-17(26)23(2)15-8-4-3-5-9-15/h3-11H,12H2,1-2H3,(H,19,25). The van der Waals surface area contributed by atoms with Crippen molar-refractivity contribution in [3.8, 4) is 5.69 Å². The van der Waals surface area contributed by atoms with Gasteiger partial charge in [0.15, 0.2) is 0 Å². The zero-order valence-electron chi connectivity index (χ0n) is 14.9. The molecule has 0 radical (unpaired) electrons. The van der Waals surface area contributed by atoms with E-state index in [4.69, 9.17) is 0 Å². The molecule has 0 saturated heterocycles. The molecule has 3 rings (SSSR count). The van der Waals surface area contributed by atoms with Crippen LogP contribution in [0, 0.1) is 0 Å². The molecule has 27 heavy (non-hydrogen) atoms. The zero-order chi connectivity index (χ0) is 19.2. The fraction of sp³-hybridized carbons (Fsp3) is 0.167. The molecule has 0 spiro atoms. The summed E-state index contributed by atoms with van der Waals surface area (Å²) in [6.45, 7) is 1.44. The Morgan fingerprint density at radius 2 is 1.93 bits per heavy atom. The minimum absolute atomic E-state index is 0.0623. The maximum atomic E-state index is 12.4. The van der Waals surface area contributed by atoms with Crippen LogP contribution in [-0.4, -0.2) is 44.8 Å². The molecule has 0 saturated carbocycles. The zero-order valence-corrected chi connectivity index (χ0v) is 15.7. The van der Waals surface area contributed by atoms with E-state index in [1.807, 2.05) is 36.4 Å². The average molecular weight is 382 g/mol. The van der Waals surface area contributed by atoms with Gasteiger partial charge in [-0.25, -0.2) is 0 Å². The number of thioether (sulfide) groups is 1. The van der Waals surface area contributed by atoms with E-state index in [1.54, 1.807) is 30.1 Å². The van der Waals surface area contributed by atoms with E-state index in [1.165, 1.54) is 23.4 Å². The summed E-state index contributed by atoms with van der Waals surface area (Å²) in [5.41, 5.74) is 2.16. The summed E-state index contributed by atoms with van der Waals surface area (Å²) in [5.74, 6) is -0.0299. The predicted octanol–water partition coefficient (Wildman–Crippen LogP) is 2.38. The van der Waals surface area contributed by atoms with E-state index in [2.05, 4.69) is 20.8 Å². The highest BCUT2D eigenvalue weighted by Crippen LogP contribution is 2.21. The molecule has 3 aromatic rings. The highest BCUT2D eigenvalue weighted by atomic mass is 32.2. The second kappa shape index (κ2) is 8.45. The van der Waals surface area contributed by atoms with E-state index in [9.17, 15) is 9.59 Å². The quantitative estimate of drug-likeness (QED) is 0.658. The maximum Gasteiger partial charge on any atom is 0.237 e. The van der Waals surface area contributed by atoms with E-state index in [0.717, 1.165) is 5.69 Å². The van der Waals surface area contributed by atoms with Crippen LogP contribution in [0.3, 0.4) is 0 Å². The van der Waals surface area contributed by atoms with Gasteiger partial charge < -0.3 is 10.2 Å². The van der Waals surface area contributed by atoms with E-state index in [-0.39, 0.29) is 17.6 Å². The molecule has 0 aliphatic rings. The van der Waals surface area contributed by atoms with E-state index in [0.29, 0.717) is 16.5 Å². The summed E-state index contributed by atoms with van der Waals surface area (Å²) in [5, 5.41) is 14.9. The third kappa shape index (κ3) is 4.70. The highest BCUT2D eigenvalue weighted by molar-refractivity contribution is 7.99. The average Bonchev–Trinajstić information content (AvgIpc) is 3.14. The first-order chi connectivity index (χ1) is 13.0. The summed E-state index contributed by atoms with van der Waals surface area (Å²) in [7, 11) is 1.73. The van der Waals surface area contributed by atoms with Crippen LogP contribution in [0.15, 0.2) is 59.8 Å². The molecule has 2 aromatic carbocycles. The summed E-state index contributed by atoms with van der Waals surface area (Å²) in [4.78, 5) is 25.3. The number of nitrogens with zero attached hydrogens (tertiary/aromatic N) is 5. The van der Waals surface area contributed by atoms with Crippen LogP contribution in [0.5, 0.6) is 0 Å². The van der Waals surface area contributed by atoms with Gasteiger partial charge in [0, 0.05) is 25.3 Å². The lowest BCUT2D eigenvalue weighted by Gasteiger charge is -2.16. The molecule has 1 N–H and O–H groups in total. The Balaban J connectivity index is 1.70. The molecule has 0 aliphatic carbocycles. The Labute approximate surface area is 160 Å². The predicted molar refractivity (Wildman–Crippen MR) is 104 cm³/mol. The Hall–Kier alpha value is -3.20. The van der Waals surface area contributed by atoms with Gasteiger partial charge in [-0.15, -0.1) is 5.10 Å². The monoisotopic (exact) mass is 382 g/mol. The van der Waals surface area contributed by atoms with Gasteiger partial charge in [0.1, 0.15) is 0 Å². The van der Waals surface area contributed by atoms with Gasteiger partial charge in [-0.3, -0.25) is 9.59 Å². The number of hydrogen-bond acceptors (Lipinski definition) is 6. The molecule has 0 aliphatic heterocycles. The van der Waals surface area contributed by atoms with Crippen LogP contribution in [0.2, 0.25) is 0 Å². The summed E-state index contributed by atoms with van der Waals surface area (Å²) >= 11 is 1.25. The summed E-state index contributed by atoms with van der Waals surface area (Å²) in [6.07, 6.45) is 0. The van der Waals surface area contributed by atoms with Crippen molar-refractivity contribution in [2.24, 2.45) is 0 Å². The lowest BCUT2D eigenvalue weighted by Crippen LogP contribution is -2.27. The number of nitrogens with one attached hydrogen (secondary N) is 1. The SMILES string of the molecule is CC(=O)Nc1cccc(-n2nnnc2SCC(=O)N(C)c2ccccc2)c1. The normalized spacial score (nSPS) is 10.4. The molecule has 9 heteroatoms. The highest BCUT2D eigenvalue weighted by Gasteiger charge is 2.15. The van der Waals surface area contributed by atoms with Crippen molar-refractivity contribution in [2.45, 2.75) is 12.1 Å². The molecule has 0 fully saturated rings. The number of anilines is 2. The number of tetrazole rings is 1. The molecule has 1 heterocycles. The van der Waals surface area contributed by atoms with Crippen molar-refractivity contribution in [1.82, 2.24) is 20.2 Å². The second-order valence-corrected chi connectivity index (χ2v) is 6.62. The van der Waals surface area contributed by atoms with Gasteiger partial charge in [-0.2, -0.15) is 4.68 Å². The van der Waals surface area contributed by atoms with Crippen LogP contribution < -0.4 is 10.2 Å². The Bertz CT molecular complexity index is 944. The number of para-hydroxylation sites is 1. The molecular formula is C18H18N6O2S. The third-order valence-corrected chi connectivity index (χ3v) is 4.60.